The molecule has 0 saturated heterocycles. The van der Waals surface area contributed by atoms with E-state index in [1.54, 1.807) is 0 Å². The Kier molecular flexibility index (Phi) is 7.75. The Morgan fingerprint density at radius 1 is 0.304 bits per heavy atom. The SMILES string of the molecule is c1ccc(-c2c(-c3ccccc3)c3cc(-c4ccccc4N(c4ccc5ccccc5c4)c4ccc5sc6ccccc6c5c4)ccc3c3ccccc23)cc1. The first-order valence-corrected chi connectivity index (χ1v) is 20.0. The summed E-state index contributed by atoms with van der Waals surface area (Å²) in [5.74, 6) is 0. The van der Waals surface area contributed by atoms with Crippen molar-refractivity contribution in [2.75, 3.05) is 4.90 Å². The number of nitrogens with zero attached hydrogens (tertiary/aromatic N) is 1. The van der Waals surface area contributed by atoms with Crippen molar-refractivity contribution in [3.05, 3.63) is 212 Å². The molecule has 0 aliphatic rings. The van der Waals surface area contributed by atoms with Gasteiger partial charge in [-0.3, -0.25) is 0 Å². The minimum atomic E-state index is 1.12. The highest BCUT2D eigenvalue weighted by atomic mass is 32.1. The van der Waals surface area contributed by atoms with Crippen LogP contribution in [0.5, 0.6) is 0 Å². The van der Waals surface area contributed by atoms with E-state index in [1.165, 1.54) is 85.9 Å². The van der Waals surface area contributed by atoms with Gasteiger partial charge in [0.2, 0.25) is 0 Å². The summed E-state index contributed by atoms with van der Waals surface area (Å²) in [7, 11) is 0. The van der Waals surface area contributed by atoms with Gasteiger partial charge in [-0.1, -0.05) is 164 Å². The second-order valence-corrected chi connectivity index (χ2v) is 15.5. The molecule has 11 rings (SSSR count). The number of rotatable bonds is 6. The lowest BCUT2D eigenvalue weighted by Crippen LogP contribution is -2.11. The second-order valence-electron chi connectivity index (χ2n) is 14.5. The van der Waals surface area contributed by atoms with Crippen molar-refractivity contribution < 1.29 is 0 Å². The minimum absolute atomic E-state index is 1.12. The molecule has 0 amide bonds. The van der Waals surface area contributed by atoms with Gasteiger partial charge >= 0.3 is 0 Å². The van der Waals surface area contributed by atoms with E-state index in [4.69, 9.17) is 0 Å². The summed E-state index contributed by atoms with van der Waals surface area (Å²) >= 11 is 1.86. The molecule has 0 atom stereocenters. The van der Waals surface area contributed by atoms with Crippen LogP contribution in [0.2, 0.25) is 0 Å². The van der Waals surface area contributed by atoms with Crippen molar-refractivity contribution in [2.24, 2.45) is 0 Å². The zero-order valence-corrected chi connectivity index (χ0v) is 31.4. The highest BCUT2D eigenvalue weighted by Crippen LogP contribution is 2.48. The quantitative estimate of drug-likeness (QED) is 0.154. The number of thiophene rings is 1. The Balaban J connectivity index is 1.19. The third-order valence-corrected chi connectivity index (χ3v) is 12.4. The third kappa shape index (κ3) is 5.38. The van der Waals surface area contributed by atoms with E-state index in [-0.39, 0.29) is 0 Å². The van der Waals surface area contributed by atoms with Crippen LogP contribution in [0, 0.1) is 0 Å². The summed E-state index contributed by atoms with van der Waals surface area (Å²) in [5, 5.41) is 10.0. The molecule has 10 aromatic carbocycles. The molecule has 0 radical (unpaired) electrons. The van der Waals surface area contributed by atoms with Gasteiger partial charge < -0.3 is 4.90 Å². The van der Waals surface area contributed by atoms with Gasteiger partial charge in [-0.15, -0.1) is 11.3 Å². The van der Waals surface area contributed by atoms with Crippen LogP contribution < -0.4 is 4.90 Å². The number of benzene rings is 10. The van der Waals surface area contributed by atoms with Crippen LogP contribution >= 0.6 is 11.3 Å². The van der Waals surface area contributed by atoms with Crippen LogP contribution in [0.25, 0.3) is 85.9 Å². The van der Waals surface area contributed by atoms with Crippen LogP contribution in [0.15, 0.2) is 212 Å². The molecule has 0 fully saturated rings. The van der Waals surface area contributed by atoms with Crippen molar-refractivity contribution in [1.29, 1.82) is 0 Å². The van der Waals surface area contributed by atoms with Crippen molar-refractivity contribution in [3.63, 3.8) is 0 Å². The molecule has 1 aromatic heterocycles. The number of hydrogen-bond acceptors (Lipinski definition) is 2. The van der Waals surface area contributed by atoms with Crippen molar-refractivity contribution in [1.82, 2.24) is 0 Å². The molecule has 1 nitrogen and oxygen atoms in total. The van der Waals surface area contributed by atoms with E-state index >= 15 is 0 Å². The molecular formula is C54H35NS. The number of fused-ring (bicyclic) bond motifs is 7. The summed E-state index contributed by atoms with van der Waals surface area (Å²) in [6.45, 7) is 0. The van der Waals surface area contributed by atoms with Crippen LogP contribution in [-0.2, 0) is 0 Å². The number of para-hydroxylation sites is 1. The van der Waals surface area contributed by atoms with Gasteiger partial charge in [-0.2, -0.15) is 0 Å². The van der Waals surface area contributed by atoms with Crippen molar-refractivity contribution in [2.45, 2.75) is 0 Å². The van der Waals surface area contributed by atoms with Gasteiger partial charge in [-0.05, 0) is 109 Å². The van der Waals surface area contributed by atoms with E-state index in [2.05, 4.69) is 217 Å². The van der Waals surface area contributed by atoms with Gasteiger partial charge in [-0.25, -0.2) is 0 Å². The molecule has 0 unspecified atom stereocenters. The van der Waals surface area contributed by atoms with Crippen molar-refractivity contribution in [3.8, 4) is 33.4 Å². The van der Waals surface area contributed by atoms with Crippen LogP contribution in [0.4, 0.5) is 17.1 Å². The van der Waals surface area contributed by atoms with E-state index in [9.17, 15) is 0 Å². The first-order chi connectivity index (χ1) is 27.8. The van der Waals surface area contributed by atoms with Gasteiger partial charge in [0, 0.05) is 37.1 Å². The molecule has 0 aliphatic heterocycles. The molecule has 0 bridgehead atoms. The van der Waals surface area contributed by atoms with Crippen LogP contribution in [0.3, 0.4) is 0 Å². The molecule has 0 aliphatic carbocycles. The second kappa shape index (κ2) is 13.4. The monoisotopic (exact) mass is 729 g/mol. The first-order valence-electron chi connectivity index (χ1n) is 19.2. The zero-order chi connectivity index (χ0) is 37.0. The summed E-state index contributed by atoms with van der Waals surface area (Å²) in [5.41, 5.74) is 10.7. The largest absolute Gasteiger partial charge is 0.310 e. The number of hydrogen-bond donors (Lipinski definition) is 0. The summed E-state index contributed by atoms with van der Waals surface area (Å²) in [4.78, 5) is 2.45. The lowest BCUT2D eigenvalue weighted by Gasteiger charge is -2.28. The Morgan fingerprint density at radius 2 is 0.875 bits per heavy atom. The summed E-state index contributed by atoms with van der Waals surface area (Å²) in [6, 6.07) is 77.9. The molecule has 0 spiro atoms. The maximum atomic E-state index is 2.45. The smallest absolute Gasteiger partial charge is 0.0540 e. The maximum Gasteiger partial charge on any atom is 0.0540 e. The predicted molar refractivity (Wildman–Crippen MR) is 243 cm³/mol. The molecule has 262 valence electrons. The first kappa shape index (κ1) is 32.4. The highest BCUT2D eigenvalue weighted by Gasteiger charge is 2.22. The van der Waals surface area contributed by atoms with E-state index < -0.39 is 0 Å². The van der Waals surface area contributed by atoms with Gasteiger partial charge in [0.15, 0.2) is 0 Å². The summed E-state index contributed by atoms with van der Waals surface area (Å²) in [6.07, 6.45) is 0. The Bertz CT molecular complexity index is 3250. The van der Waals surface area contributed by atoms with E-state index in [0.717, 1.165) is 17.1 Å². The average molecular weight is 730 g/mol. The average Bonchev–Trinajstić information content (AvgIpc) is 3.65. The normalized spacial score (nSPS) is 11.6. The highest BCUT2D eigenvalue weighted by molar-refractivity contribution is 7.25. The van der Waals surface area contributed by atoms with Crippen molar-refractivity contribution >= 4 is 80.9 Å². The fourth-order valence-electron chi connectivity index (χ4n) is 8.68. The van der Waals surface area contributed by atoms with Crippen LogP contribution in [-0.4, -0.2) is 0 Å². The standard InChI is InChI=1S/C54H35NS/c1-3-16-37(17-4-1)53-47-24-10-9-22-44(47)45-31-28-40(34-49(45)54(53)38-18-5-2-6-19-38)43-21-11-13-25-50(43)55(41-29-27-36-15-7-8-20-39(36)33-41)42-30-32-52-48(35-42)46-23-12-14-26-51(46)56-52/h1-35H. The predicted octanol–water partition coefficient (Wildman–Crippen LogP) is 16.0. The van der Waals surface area contributed by atoms with Gasteiger partial charge in [0.05, 0.1) is 5.69 Å². The molecule has 1 heterocycles. The lowest BCUT2D eigenvalue weighted by molar-refractivity contribution is 1.30. The Labute approximate surface area is 330 Å². The molecule has 56 heavy (non-hydrogen) atoms. The molecule has 11 aromatic rings. The zero-order valence-electron chi connectivity index (χ0n) is 30.6. The third-order valence-electron chi connectivity index (χ3n) is 11.2. The molecule has 0 N–H and O–H groups in total. The lowest BCUT2D eigenvalue weighted by atomic mass is 9.84. The van der Waals surface area contributed by atoms with Gasteiger partial charge in [0.1, 0.15) is 0 Å². The maximum absolute atomic E-state index is 2.45. The van der Waals surface area contributed by atoms with E-state index in [1.807, 2.05) is 11.3 Å². The van der Waals surface area contributed by atoms with Gasteiger partial charge in [0.25, 0.3) is 0 Å². The fraction of sp³-hybridized carbons (Fsp3) is 0. The molecular weight excluding hydrogens is 695 g/mol. The topological polar surface area (TPSA) is 3.24 Å². The molecule has 0 saturated carbocycles. The van der Waals surface area contributed by atoms with Crippen LogP contribution in [0.1, 0.15) is 0 Å². The Hall–Kier alpha value is -7.00. The Morgan fingerprint density at radius 3 is 1.68 bits per heavy atom. The number of anilines is 3. The fourth-order valence-corrected chi connectivity index (χ4v) is 9.76. The molecule has 2 heteroatoms. The van der Waals surface area contributed by atoms with E-state index in [0.29, 0.717) is 0 Å². The minimum Gasteiger partial charge on any atom is -0.310 e. The summed E-state index contributed by atoms with van der Waals surface area (Å²) < 4.78 is 2.61.